The lowest BCUT2D eigenvalue weighted by Gasteiger charge is -2.34. The van der Waals surface area contributed by atoms with E-state index in [1.54, 1.807) is 0 Å². The summed E-state index contributed by atoms with van der Waals surface area (Å²) in [6.07, 6.45) is 0. The molecule has 0 unspecified atom stereocenters. The summed E-state index contributed by atoms with van der Waals surface area (Å²) in [6, 6.07) is 78.9. The van der Waals surface area contributed by atoms with E-state index in [-0.39, 0.29) is 0 Å². The van der Waals surface area contributed by atoms with Crippen LogP contribution in [0.5, 0.6) is 0 Å². The van der Waals surface area contributed by atoms with Gasteiger partial charge in [-0.2, -0.15) is 0 Å². The van der Waals surface area contributed by atoms with Gasteiger partial charge in [0.2, 0.25) is 0 Å². The maximum absolute atomic E-state index is 6.41. The monoisotopic (exact) mass is 744 g/mol. The second kappa shape index (κ2) is 13.5. The highest BCUT2D eigenvalue weighted by molar-refractivity contribution is 7.19. The van der Waals surface area contributed by atoms with E-state index >= 15 is 0 Å². The van der Waals surface area contributed by atoms with Gasteiger partial charge in [0.1, 0.15) is 11.2 Å². The van der Waals surface area contributed by atoms with Crippen LogP contribution in [0.3, 0.4) is 0 Å². The minimum Gasteiger partial charge on any atom is -0.456 e. The second-order valence-electron chi connectivity index (χ2n) is 14.7. The van der Waals surface area contributed by atoms with Gasteiger partial charge in [-0.15, -0.1) is 0 Å². The van der Waals surface area contributed by atoms with Crippen LogP contribution in [0.4, 0.5) is 0 Å². The second-order valence-corrected chi connectivity index (χ2v) is 18.5. The molecular weight excluding hydrogens is 709 g/mol. The van der Waals surface area contributed by atoms with Gasteiger partial charge in [0, 0.05) is 38.4 Å². The lowest BCUT2D eigenvalue weighted by Crippen LogP contribution is -2.74. The molecule has 0 aliphatic carbocycles. The minimum atomic E-state index is -2.69. The average Bonchev–Trinajstić information content (AvgIpc) is 3.83. The van der Waals surface area contributed by atoms with E-state index in [9.17, 15) is 0 Å². The van der Waals surface area contributed by atoms with E-state index in [4.69, 9.17) is 9.40 Å². The van der Waals surface area contributed by atoms with E-state index in [0.717, 1.165) is 50.1 Å². The van der Waals surface area contributed by atoms with Crippen LogP contribution in [0.25, 0.3) is 71.9 Å². The molecule has 0 saturated heterocycles. The van der Waals surface area contributed by atoms with Crippen molar-refractivity contribution in [3.63, 3.8) is 0 Å². The van der Waals surface area contributed by atoms with Crippen molar-refractivity contribution in [2.45, 2.75) is 0 Å². The number of rotatable bonds is 7. The Morgan fingerprint density at radius 2 is 0.825 bits per heavy atom. The zero-order valence-corrected chi connectivity index (χ0v) is 32.1. The van der Waals surface area contributed by atoms with Crippen LogP contribution < -0.4 is 20.7 Å². The molecule has 268 valence electrons. The van der Waals surface area contributed by atoms with Crippen LogP contribution in [0.2, 0.25) is 0 Å². The van der Waals surface area contributed by atoms with Gasteiger partial charge in [0.25, 0.3) is 0 Å². The molecule has 8 aromatic carbocycles. The van der Waals surface area contributed by atoms with E-state index in [2.05, 4.69) is 223 Å². The third-order valence-electron chi connectivity index (χ3n) is 11.5. The van der Waals surface area contributed by atoms with Crippen LogP contribution >= 0.6 is 0 Å². The molecule has 0 N–H and O–H groups in total. The molecule has 0 amide bonds. The quantitative estimate of drug-likeness (QED) is 0.120. The summed E-state index contributed by atoms with van der Waals surface area (Å²) in [5.74, 6) is 0. The van der Waals surface area contributed by atoms with Crippen LogP contribution in [0.15, 0.2) is 223 Å². The summed E-state index contributed by atoms with van der Waals surface area (Å²) in [5, 5.41) is 10.0. The first-order valence-corrected chi connectivity index (χ1v) is 21.5. The molecule has 11 aromatic rings. The highest BCUT2D eigenvalue weighted by atomic mass is 28.3. The first-order valence-electron chi connectivity index (χ1n) is 19.5. The fraction of sp³-hybridized carbons (Fsp3) is 0. The Morgan fingerprint density at radius 1 is 0.351 bits per heavy atom. The predicted octanol–water partition coefficient (Wildman–Crippen LogP) is 10.8. The number of aromatic nitrogens is 2. The van der Waals surface area contributed by atoms with Gasteiger partial charge in [0.05, 0.1) is 22.4 Å². The SMILES string of the molecule is c1ccc([Si](c2ccccc2)(c2ccccc2)c2cccc(-c3cccc(-c4ccc5oc6ccc(-n7c8ccccc8c8ccccc87)cc6c5c4)n3)c2)cc1. The number of para-hydroxylation sites is 2. The molecule has 11 rings (SSSR count). The van der Waals surface area contributed by atoms with Crippen LogP contribution in [0.1, 0.15) is 0 Å². The van der Waals surface area contributed by atoms with Crippen molar-refractivity contribution in [2.75, 3.05) is 0 Å². The van der Waals surface area contributed by atoms with Crippen molar-refractivity contribution in [3.8, 4) is 28.2 Å². The Hall–Kier alpha value is -7.27. The molecule has 0 aliphatic heterocycles. The van der Waals surface area contributed by atoms with Crippen LogP contribution in [-0.2, 0) is 0 Å². The lowest BCUT2D eigenvalue weighted by atomic mass is 10.0. The largest absolute Gasteiger partial charge is 0.456 e. The number of furan rings is 1. The van der Waals surface area contributed by atoms with Crippen molar-refractivity contribution in [1.82, 2.24) is 9.55 Å². The number of hydrogen-bond donors (Lipinski definition) is 0. The highest BCUT2D eigenvalue weighted by Gasteiger charge is 2.41. The third-order valence-corrected chi connectivity index (χ3v) is 16.3. The topological polar surface area (TPSA) is 31.0 Å². The van der Waals surface area contributed by atoms with Crippen molar-refractivity contribution in [2.24, 2.45) is 0 Å². The maximum Gasteiger partial charge on any atom is 0.179 e. The molecule has 0 aliphatic rings. The summed E-state index contributed by atoms with van der Waals surface area (Å²) in [7, 11) is -2.69. The molecule has 57 heavy (non-hydrogen) atoms. The Morgan fingerprint density at radius 3 is 1.42 bits per heavy atom. The summed E-state index contributed by atoms with van der Waals surface area (Å²) in [4.78, 5) is 5.33. The molecule has 0 radical (unpaired) electrons. The molecular formula is C53H36N2OSi. The maximum atomic E-state index is 6.41. The standard InChI is InChI=1S/C53H36N2OSi/c1-4-17-40(18-5-1)57(41-19-6-2-7-20-41,42-21-8-3-9-22-42)43-23-14-16-37(34-43)48-26-15-27-49(54-48)38-30-32-52-46(35-38)47-36-39(31-33-53(47)56-52)55-50-28-12-10-24-44(50)45-25-11-13-29-51(45)55/h1-36H. The van der Waals surface area contributed by atoms with Crippen molar-refractivity contribution in [1.29, 1.82) is 0 Å². The molecule has 0 saturated carbocycles. The zero-order chi connectivity index (χ0) is 37.8. The molecule has 0 atom stereocenters. The molecule has 0 spiro atoms. The normalized spacial score (nSPS) is 11.9. The van der Waals surface area contributed by atoms with Gasteiger partial charge < -0.3 is 8.98 Å². The molecule has 3 nitrogen and oxygen atoms in total. The first kappa shape index (κ1) is 33.1. The molecule has 3 heterocycles. The fourth-order valence-corrected chi connectivity index (χ4v) is 13.8. The number of hydrogen-bond acceptors (Lipinski definition) is 2. The number of pyridine rings is 1. The summed E-state index contributed by atoms with van der Waals surface area (Å²) in [5.41, 5.74) is 9.22. The third kappa shape index (κ3) is 5.37. The van der Waals surface area contributed by atoms with Crippen molar-refractivity contribution >= 4 is 72.6 Å². The predicted molar refractivity (Wildman–Crippen MR) is 240 cm³/mol. The fourth-order valence-electron chi connectivity index (χ4n) is 9.00. The van der Waals surface area contributed by atoms with E-state index in [1.165, 1.54) is 42.6 Å². The van der Waals surface area contributed by atoms with E-state index < -0.39 is 8.07 Å². The van der Waals surface area contributed by atoms with Gasteiger partial charge in [0.15, 0.2) is 8.07 Å². The molecule has 3 aromatic heterocycles. The Labute approximate surface area is 331 Å². The van der Waals surface area contributed by atoms with Gasteiger partial charge >= 0.3 is 0 Å². The highest BCUT2D eigenvalue weighted by Crippen LogP contribution is 2.37. The zero-order valence-electron chi connectivity index (χ0n) is 31.1. The summed E-state index contributed by atoms with van der Waals surface area (Å²) < 4.78 is 8.77. The average molecular weight is 745 g/mol. The van der Waals surface area contributed by atoms with Crippen molar-refractivity contribution in [3.05, 3.63) is 218 Å². The van der Waals surface area contributed by atoms with Gasteiger partial charge in [-0.3, -0.25) is 0 Å². The number of benzene rings is 8. The van der Waals surface area contributed by atoms with Crippen molar-refractivity contribution < 1.29 is 4.42 Å². The van der Waals surface area contributed by atoms with Crippen LogP contribution in [-0.4, -0.2) is 17.6 Å². The number of fused-ring (bicyclic) bond motifs is 6. The Balaban J connectivity index is 1.03. The van der Waals surface area contributed by atoms with E-state index in [1.807, 2.05) is 0 Å². The van der Waals surface area contributed by atoms with Crippen LogP contribution in [0, 0.1) is 0 Å². The first-order chi connectivity index (χ1) is 28.3. The molecule has 0 fully saturated rings. The smallest absolute Gasteiger partial charge is 0.179 e. The van der Waals surface area contributed by atoms with Gasteiger partial charge in [-0.05, 0) is 81.4 Å². The summed E-state index contributed by atoms with van der Waals surface area (Å²) >= 11 is 0. The lowest BCUT2D eigenvalue weighted by molar-refractivity contribution is 0.669. The Bertz CT molecular complexity index is 3090. The number of nitrogens with zero attached hydrogens (tertiary/aromatic N) is 2. The van der Waals surface area contributed by atoms with E-state index in [0.29, 0.717) is 0 Å². The Kier molecular flexibility index (Phi) is 7.83. The van der Waals surface area contributed by atoms with Gasteiger partial charge in [-0.1, -0.05) is 158 Å². The molecule has 0 bridgehead atoms. The minimum absolute atomic E-state index is 0.862. The molecule has 4 heteroatoms. The van der Waals surface area contributed by atoms with Gasteiger partial charge in [-0.25, -0.2) is 4.98 Å². The summed E-state index contributed by atoms with van der Waals surface area (Å²) in [6.45, 7) is 0.